The van der Waals surface area contributed by atoms with E-state index >= 15 is 0 Å². The fourth-order valence-electron chi connectivity index (χ4n) is 3.55. The number of rotatable bonds is 3. The first-order valence-electron chi connectivity index (χ1n) is 10.8. The Labute approximate surface area is 205 Å². The van der Waals surface area contributed by atoms with Crippen molar-refractivity contribution < 1.29 is 21.6 Å². The average Bonchev–Trinajstić information content (AvgIpc) is 3.07. The van der Waals surface area contributed by atoms with E-state index in [1.165, 1.54) is 30.3 Å². The average molecular weight is 512 g/mol. The zero-order valence-corrected chi connectivity index (χ0v) is 21.3. The summed E-state index contributed by atoms with van der Waals surface area (Å²) in [6.45, 7) is 7.88. The Morgan fingerprint density at radius 3 is 2.11 bits per heavy atom. The van der Waals surface area contributed by atoms with Crippen molar-refractivity contribution in [3.05, 3.63) is 95.1 Å². The van der Waals surface area contributed by atoms with Crippen molar-refractivity contribution in [2.75, 3.05) is 0 Å². The van der Waals surface area contributed by atoms with Crippen molar-refractivity contribution in [2.24, 2.45) is 4.40 Å². The number of hydrogen-bond acceptors (Lipinski definition) is 6. The van der Waals surface area contributed by atoms with Gasteiger partial charge in [-0.2, -0.15) is 16.8 Å². The van der Waals surface area contributed by atoms with Gasteiger partial charge in [0.15, 0.2) is 5.84 Å². The van der Waals surface area contributed by atoms with Crippen LogP contribution in [0.25, 0.3) is 0 Å². The number of benzene rings is 3. The Morgan fingerprint density at radius 2 is 1.51 bits per heavy atom. The normalized spacial score (nSPS) is 14.7. The molecule has 3 aromatic carbocycles. The molecule has 1 aliphatic rings. The molecule has 3 aromatic rings. The number of carbonyl (C=O) groups excluding carboxylic acids is 1. The van der Waals surface area contributed by atoms with Gasteiger partial charge in [0.05, 0.1) is 4.90 Å². The van der Waals surface area contributed by atoms with Crippen LogP contribution in [0.1, 0.15) is 47.8 Å². The highest BCUT2D eigenvalue weighted by atomic mass is 32.2. The summed E-state index contributed by atoms with van der Waals surface area (Å²) in [6.07, 6.45) is 0. The lowest BCUT2D eigenvalue weighted by Crippen LogP contribution is -2.49. The maximum Gasteiger partial charge on any atom is 0.286 e. The summed E-state index contributed by atoms with van der Waals surface area (Å²) in [4.78, 5) is 13.3. The minimum atomic E-state index is -4.43. The Morgan fingerprint density at radius 1 is 0.914 bits per heavy atom. The van der Waals surface area contributed by atoms with Gasteiger partial charge in [0.25, 0.3) is 26.0 Å². The van der Waals surface area contributed by atoms with E-state index in [4.69, 9.17) is 0 Å². The highest BCUT2D eigenvalue weighted by Crippen LogP contribution is 2.27. The number of hydrazine groups is 1. The second kappa shape index (κ2) is 8.62. The molecule has 0 bridgehead atoms. The SMILES string of the molecule is Cc1ccc(S(=O)(=O)N(NC2=NS(=O)(=O)c3ccccc32)C(=O)c2ccc(C(C)(C)C)cc2)cc1. The van der Waals surface area contributed by atoms with E-state index in [-0.39, 0.29) is 32.2 Å². The van der Waals surface area contributed by atoms with Crippen LogP contribution >= 0.6 is 0 Å². The van der Waals surface area contributed by atoms with Gasteiger partial charge in [-0.1, -0.05) is 62.7 Å². The predicted octanol–water partition coefficient (Wildman–Crippen LogP) is 3.78. The largest absolute Gasteiger partial charge is 0.286 e. The monoisotopic (exact) mass is 511 g/mol. The van der Waals surface area contributed by atoms with Gasteiger partial charge in [-0.25, -0.2) is 0 Å². The molecular formula is C25H25N3O5S2. The molecule has 0 saturated heterocycles. The highest BCUT2D eigenvalue weighted by molar-refractivity contribution is 7.91. The van der Waals surface area contributed by atoms with Gasteiger partial charge < -0.3 is 0 Å². The molecule has 0 fully saturated rings. The van der Waals surface area contributed by atoms with Crippen molar-refractivity contribution in [3.63, 3.8) is 0 Å². The molecule has 1 N–H and O–H groups in total. The first-order valence-corrected chi connectivity index (χ1v) is 13.7. The highest BCUT2D eigenvalue weighted by Gasteiger charge is 2.36. The second-order valence-corrected chi connectivity index (χ2v) is 12.6. The third kappa shape index (κ3) is 4.71. The van der Waals surface area contributed by atoms with Crippen LogP contribution in [-0.4, -0.2) is 33.0 Å². The lowest BCUT2D eigenvalue weighted by atomic mass is 9.87. The van der Waals surface area contributed by atoms with Gasteiger partial charge in [-0.05, 0) is 54.3 Å². The molecule has 8 nitrogen and oxygen atoms in total. The molecule has 1 aliphatic heterocycles. The molecule has 0 aliphatic carbocycles. The van der Waals surface area contributed by atoms with E-state index in [0.717, 1.165) is 11.1 Å². The van der Waals surface area contributed by atoms with E-state index in [0.29, 0.717) is 4.41 Å². The van der Waals surface area contributed by atoms with Gasteiger partial charge in [0, 0.05) is 11.1 Å². The lowest BCUT2D eigenvalue weighted by Gasteiger charge is -2.24. The van der Waals surface area contributed by atoms with Crippen molar-refractivity contribution >= 4 is 31.8 Å². The Balaban J connectivity index is 1.80. The van der Waals surface area contributed by atoms with Crippen molar-refractivity contribution in [2.45, 2.75) is 42.9 Å². The summed E-state index contributed by atoms with van der Waals surface area (Å²) in [6, 6.07) is 18.6. The van der Waals surface area contributed by atoms with Crippen molar-refractivity contribution in [3.8, 4) is 0 Å². The standard InChI is InChI=1S/C25H25N3O5S2/c1-17-9-15-20(16-10-17)35(32,33)28(24(29)18-11-13-19(14-12-18)25(2,3)4)26-23-21-7-5-6-8-22(21)34(30,31)27-23/h5-16H,1-4H3,(H,26,27). The molecule has 1 amide bonds. The van der Waals surface area contributed by atoms with Crippen molar-refractivity contribution in [1.29, 1.82) is 0 Å². The van der Waals surface area contributed by atoms with Crippen LogP contribution in [0.3, 0.4) is 0 Å². The summed E-state index contributed by atoms with van der Waals surface area (Å²) in [5.41, 5.74) is 4.42. The van der Waals surface area contributed by atoms with Crippen LogP contribution < -0.4 is 5.43 Å². The number of amides is 1. The first-order chi connectivity index (χ1) is 16.3. The number of nitrogens with one attached hydrogen (secondary N) is 1. The fraction of sp³-hybridized carbons (Fsp3) is 0.200. The molecular weight excluding hydrogens is 486 g/mol. The third-order valence-corrected chi connectivity index (χ3v) is 8.52. The van der Waals surface area contributed by atoms with Gasteiger partial charge in [-0.15, -0.1) is 8.81 Å². The van der Waals surface area contributed by atoms with E-state index in [9.17, 15) is 21.6 Å². The maximum absolute atomic E-state index is 13.6. The molecule has 0 spiro atoms. The third-order valence-electron chi connectivity index (χ3n) is 5.58. The lowest BCUT2D eigenvalue weighted by molar-refractivity contribution is 0.0838. The Kier molecular flexibility index (Phi) is 6.06. The van der Waals surface area contributed by atoms with Crippen molar-refractivity contribution in [1.82, 2.24) is 9.84 Å². The summed E-state index contributed by atoms with van der Waals surface area (Å²) < 4.78 is 56.3. The molecule has 1 heterocycles. The first kappa shape index (κ1) is 24.6. The van der Waals surface area contributed by atoms with Crippen LogP contribution in [0.4, 0.5) is 0 Å². The molecule has 0 aromatic heterocycles. The number of carbonyl (C=O) groups is 1. The molecule has 35 heavy (non-hydrogen) atoms. The molecule has 10 heteroatoms. The second-order valence-electron chi connectivity index (χ2n) is 9.24. The zero-order valence-electron chi connectivity index (χ0n) is 19.7. The van der Waals surface area contributed by atoms with Crippen LogP contribution in [-0.2, 0) is 25.5 Å². The topological polar surface area (TPSA) is 113 Å². The quantitative estimate of drug-likeness (QED) is 0.536. The Bertz CT molecular complexity index is 1540. The summed E-state index contributed by atoms with van der Waals surface area (Å²) in [5.74, 6) is -1.13. The smallest absolute Gasteiger partial charge is 0.266 e. The zero-order chi connectivity index (χ0) is 25.6. The fourth-order valence-corrected chi connectivity index (χ4v) is 5.94. The number of hydrogen-bond donors (Lipinski definition) is 1. The minimum Gasteiger partial charge on any atom is -0.266 e. The van der Waals surface area contributed by atoms with E-state index in [2.05, 4.69) is 9.82 Å². The molecule has 0 unspecified atom stereocenters. The molecule has 0 radical (unpaired) electrons. The van der Waals surface area contributed by atoms with Gasteiger partial charge in [0.1, 0.15) is 4.90 Å². The summed E-state index contributed by atoms with van der Waals surface area (Å²) >= 11 is 0. The number of aryl methyl sites for hydroxylation is 1. The predicted molar refractivity (Wildman–Crippen MR) is 133 cm³/mol. The van der Waals surface area contributed by atoms with E-state index in [1.807, 2.05) is 27.7 Å². The molecule has 0 saturated carbocycles. The van der Waals surface area contributed by atoms with Crippen LogP contribution in [0.2, 0.25) is 0 Å². The molecule has 0 atom stereocenters. The number of nitrogens with zero attached hydrogens (tertiary/aromatic N) is 2. The summed E-state index contributed by atoms with van der Waals surface area (Å²) in [5, 5.41) is 0. The maximum atomic E-state index is 13.6. The van der Waals surface area contributed by atoms with Crippen LogP contribution in [0.15, 0.2) is 87.0 Å². The van der Waals surface area contributed by atoms with Crippen LogP contribution in [0.5, 0.6) is 0 Å². The molecule has 182 valence electrons. The van der Waals surface area contributed by atoms with E-state index < -0.39 is 26.0 Å². The van der Waals surface area contributed by atoms with Gasteiger partial charge in [0.2, 0.25) is 0 Å². The Hall–Kier alpha value is -3.50. The number of amidine groups is 1. The summed E-state index contributed by atoms with van der Waals surface area (Å²) in [7, 11) is -8.47. The van der Waals surface area contributed by atoms with Gasteiger partial charge in [-0.3, -0.25) is 10.2 Å². The molecule has 4 rings (SSSR count). The van der Waals surface area contributed by atoms with E-state index in [1.54, 1.807) is 42.5 Å². The van der Waals surface area contributed by atoms with Crippen LogP contribution in [0, 0.1) is 6.92 Å². The number of sulfonamides is 2. The van der Waals surface area contributed by atoms with Gasteiger partial charge >= 0.3 is 0 Å². The number of fused-ring (bicyclic) bond motifs is 1. The minimum absolute atomic E-state index is 0.0721.